The van der Waals surface area contributed by atoms with Crippen LogP contribution in [0, 0.1) is 49.4 Å². The lowest BCUT2D eigenvalue weighted by atomic mass is 10.3. The molecule has 0 aliphatic rings. The molecule has 0 saturated heterocycles. The molecule has 0 aliphatic heterocycles. The van der Waals surface area contributed by atoms with Crippen molar-refractivity contribution in [1.29, 1.82) is 0 Å². The number of hydrogen-bond donors (Lipinski definition) is 0. The van der Waals surface area contributed by atoms with Crippen molar-refractivity contribution in [2.24, 2.45) is 0 Å². The summed E-state index contributed by atoms with van der Waals surface area (Å²) in [6, 6.07) is 45.7. The Morgan fingerprint density at radius 3 is 0.780 bits per heavy atom. The van der Waals surface area contributed by atoms with E-state index in [0.717, 1.165) is 41.5 Å². The third kappa shape index (κ3) is 9.60. The predicted octanol–water partition coefficient (Wildman–Crippen LogP) is 0.709. The summed E-state index contributed by atoms with van der Waals surface area (Å²) >= 11 is 0. The highest BCUT2D eigenvalue weighted by Gasteiger charge is 2.28. The van der Waals surface area contributed by atoms with Gasteiger partial charge in [0.1, 0.15) is 0 Å². The van der Waals surface area contributed by atoms with Gasteiger partial charge >= 0.3 is 0 Å². The highest BCUT2D eigenvalue weighted by Crippen LogP contribution is 2.01. The SMILES string of the molecule is C#CCO[Si](c1ccccc1)c1cccc([Si](OCC#C)c2cccc([Si](OCC#C)c3cccc([Si](OCC#C)c4ccccc4)c3)c2)c1. The van der Waals surface area contributed by atoms with E-state index in [-0.39, 0.29) is 26.4 Å². The van der Waals surface area contributed by atoms with Crippen molar-refractivity contribution in [3.8, 4) is 49.4 Å². The Bertz CT molecular complexity index is 1870. The van der Waals surface area contributed by atoms with Gasteiger partial charge in [-0.1, -0.05) is 157 Å². The van der Waals surface area contributed by atoms with Crippen molar-refractivity contribution < 1.29 is 17.7 Å². The largest absolute Gasteiger partial charge is 0.396 e. The zero-order valence-electron chi connectivity index (χ0n) is 27.5. The third-order valence-electron chi connectivity index (χ3n) is 7.43. The van der Waals surface area contributed by atoms with E-state index in [2.05, 4.69) is 121 Å². The van der Waals surface area contributed by atoms with Gasteiger partial charge in [0.25, 0.3) is 36.2 Å². The molecule has 0 amide bonds. The molecule has 0 saturated carbocycles. The molecule has 0 N–H and O–H groups in total. The monoisotopic (exact) mass is 714 g/mol. The van der Waals surface area contributed by atoms with Crippen molar-refractivity contribution in [1.82, 2.24) is 0 Å². The van der Waals surface area contributed by atoms with Crippen molar-refractivity contribution in [3.05, 3.63) is 133 Å². The molecule has 4 nitrogen and oxygen atoms in total. The smallest absolute Gasteiger partial charge is 0.283 e. The van der Waals surface area contributed by atoms with Gasteiger partial charge in [0.05, 0.1) is 26.4 Å². The van der Waals surface area contributed by atoms with Gasteiger partial charge in [0.15, 0.2) is 0 Å². The Morgan fingerprint density at radius 2 is 0.540 bits per heavy atom. The molecule has 0 spiro atoms. The molecule has 0 heterocycles. The van der Waals surface area contributed by atoms with Crippen LogP contribution >= 0.6 is 0 Å². The minimum Gasteiger partial charge on any atom is -0.396 e. The van der Waals surface area contributed by atoms with E-state index in [4.69, 9.17) is 43.4 Å². The summed E-state index contributed by atoms with van der Waals surface area (Å²) < 4.78 is 25.4. The topological polar surface area (TPSA) is 36.9 Å². The van der Waals surface area contributed by atoms with E-state index in [9.17, 15) is 0 Å². The number of rotatable bonds is 16. The molecule has 4 radical (unpaired) electrons. The van der Waals surface area contributed by atoms with Crippen LogP contribution in [-0.4, -0.2) is 62.6 Å². The fourth-order valence-electron chi connectivity index (χ4n) is 5.37. The first-order valence-electron chi connectivity index (χ1n) is 15.8. The van der Waals surface area contributed by atoms with Gasteiger partial charge in [-0.15, -0.1) is 25.7 Å². The second-order valence-corrected chi connectivity index (χ2v) is 19.2. The molecule has 8 heteroatoms. The van der Waals surface area contributed by atoms with Crippen LogP contribution in [0.3, 0.4) is 0 Å². The first-order chi connectivity index (χ1) is 24.7. The molecule has 0 bridgehead atoms. The maximum atomic E-state index is 6.46. The highest BCUT2D eigenvalue weighted by molar-refractivity contribution is 6.85. The first kappa shape index (κ1) is 36.3. The van der Waals surface area contributed by atoms with Crippen molar-refractivity contribution in [3.63, 3.8) is 0 Å². The second-order valence-electron chi connectivity index (χ2n) is 10.8. The minimum atomic E-state index is -1.78. The molecular weight excluding hydrogens is 681 g/mol. The zero-order valence-corrected chi connectivity index (χ0v) is 31.5. The molecular formula is C42H34O4Si4. The second kappa shape index (κ2) is 19.3. The first-order valence-corrected chi connectivity index (χ1v) is 21.5. The Hall–Kier alpha value is -4.95. The lowest BCUT2D eigenvalue weighted by Gasteiger charge is -2.21. The number of terminal acetylenes is 4. The average Bonchev–Trinajstić information content (AvgIpc) is 3.17. The fraction of sp³-hybridized carbons (Fsp3) is 0.0952. The molecule has 242 valence electrons. The summed E-state index contributed by atoms with van der Waals surface area (Å²) in [6.45, 7) is 0.827. The number of hydrogen-bond acceptors (Lipinski definition) is 4. The van der Waals surface area contributed by atoms with E-state index in [1.54, 1.807) is 0 Å². The molecule has 0 aliphatic carbocycles. The molecule has 5 rings (SSSR count). The zero-order chi connectivity index (χ0) is 35.0. The Balaban J connectivity index is 1.53. The van der Waals surface area contributed by atoms with E-state index in [0.29, 0.717) is 0 Å². The van der Waals surface area contributed by atoms with E-state index in [1.807, 2.05) is 36.4 Å². The predicted molar refractivity (Wildman–Crippen MR) is 211 cm³/mol. The Labute approximate surface area is 303 Å². The van der Waals surface area contributed by atoms with Gasteiger partial charge in [0, 0.05) is 0 Å². The summed E-state index contributed by atoms with van der Waals surface area (Å²) in [5.74, 6) is 10.6. The molecule has 50 heavy (non-hydrogen) atoms. The normalized spacial score (nSPS) is 10.9. The molecule has 5 aromatic carbocycles. The maximum absolute atomic E-state index is 6.46. The van der Waals surface area contributed by atoms with E-state index in [1.165, 1.54) is 0 Å². The van der Waals surface area contributed by atoms with Gasteiger partial charge in [-0.2, -0.15) is 0 Å². The fourth-order valence-corrected chi connectivity index (χ4v) is 13.6. The van der Waals surface area contributed by atoms with Gasteiger partial charge in [-0.05, 0) is 41.5 Å². The van der Waals surface area contributed by atoms with Gasteiger partial charge in [-0.3, -0.25) is 0 Å². The average molecular weight is 715 g/mol. The van der Waals surface area contributed by atoms with Crippen LogP contribution in [0.5, 0.6) is 0 Å². The summed E-state index contributed by atoms with van der Waals surface area (Å²) in [4.78, 5) is 0. The van der Waals surface area contributed by atoms with Crippen LogP contribution in [0.15, 0.2) is 133 Å². The van der Waals surface area contributed by atoms with E-state index >= 15 is 0 Å². The van der Waals surface area contributed by atoms with Crippen molar-refractivity contribution in [2.45, 2.75) is 0 Å². The Kier molecular flexibility index (Phi) is 14.0. The molecule has 0 atom stereocenters. The van der Waals surface area contributed by atoms with Gasteiger partial charge in [0.2, 0.25) is 0 Å². The van der Waals surface area contributed by atoms with Gasteiger partial charge in [-0.25, -0.2) is 0 Å². The molecule has 5 aromatic rings. The van der Waals surface area contributed by atoms with Crippen LogP contribution in [0.2, 0.25) is 0 Å². The maximum Gasteiger partial charge on any atom is 0.283 e. The van der Waals surface area contributed by atoms with Crippen molar-refractivity contribution in [2.75, 3.05) is 26.4 Å². The number of benzene rings is 5. The quantitative estimate of drug-likeness (QED) is 0.112. The summed E-state index contributed by atoms with van der Waals surface area (Å²) in [5, 5.41) is 8.61. The summed E-state index contributed by atoms with van der Waals surface area (Å²) in [7, 11) is -6.75. The molecule has 0 aromatic heterocycles. The Morgan fingerprint density at radius 1 is 0.320 bits per heavy atom. The summed E-state index contributed by atoms with van der Waals surface area (Å²) in [6.07, 6.45) is 22.6. The lowest BCUT2D eigenvalue weighted by Crippen LogP contribution is -2.53. The molecule has 0 unspecified atom stereocenters. The van der Waals surface area contributed by atoms with Crippen LogP contribution in [-0.2, 0) is 17.7 Å². The lowest BCUT2D eigenvalue weighted by molar-refractivity contribution is 0.390. The van der Waals surface area contributed by atoms with Crippen LogP contribution < -0.4 is 41.5 Å². The highest BCUT2D eigenvalue weighted by atomic mass is 28.3. The molecule has 0 fully saturated rings. The summed E-state index contributed by atoms with van der Waals surface area (Å²) in [5.41, 5.74) is 0. The van der Waals surface area contributed by atoms with Gasteiger partial charge < -0.3 is 17.7 Å². The van der Waals surface area contributed by atoms with Crippen molar-refractivity contribution >= 4 is 77.7 Å². The van der Waals surface area contributed by atoms with Crippen LogP contribution in [0.25, 0.3) is 0 Å². The van der Waals surface area contributed by atoms with Crippen LogP contribution in [0.1, 0.15) is 0 Å². The standard InChI is InChI=1S/C42H34O4Si4/c1-5-28-43-47(35-18-11-9-12-19-35)37-22-15-24-39(32-37)49(45-30-7-3)41-26-17-27-42(34-41)50(46-31-8-4)40-25-16-23-38(33-40)48(44-29-6-2)36-20-13-10-14-21-36/h1-4,9-27,32-34H,28-31H2. The van der Waals surface area contributed by atoms with Crippen LogP contribution in [0.4, 0.5) is 0 Å². The minimum absolute atomic E-state index is 0.183. The third-order valence-corrected chi connectivity index (χ3v) is 15.9. The van der Waals surface area contributed by atoms with E-state index < -0.39 is 36.2 Å².